The number of nitrogens with zero attached hydrogens (tertiary/aromatic N) is 2. The molecule has 0 radical (unpaired) electrons. The number of esters is 2. The van der Waals surface area contributed by atoms with Gasteiger partial charge in [-0.25, -0.2) is 14.6 Å². The molecule has 0 N–H and O–H groups in total. The number of likely N-dealkylation sites (N-methyl/N-ethyl adjacent to an activating group) is 1. The average molecular weight is 505 g/mol. The number of amidine groups is 1. The first-order chi connectivity index (χ1) is 17.4. The number of carbonyl (C=O) groups is 3. The molecule has 1 aliphatic heterocycles. The topological polar surface area (TPSA) is 98.4 Å². The fourth-order valence-electron chi connectivity index (χ4n) is 3.35. The molecule has 8 nitrogen and oxygen atoms in total. The third-order valence-electron chi connectivity index (χ3n) is 5.24. The zero-order valence-corrected chi connectivity index (χ0v) is 20.8. The summed E-state index contributed by atoms with van der Waals surface area (Å²) in [5.41, 5.74) is 2.17. The molecule has 2 aromatic carbocycles. The lowest BCUT2D eigenvalue weighted by molar-refractivity contribution is -0.121. The largest absolute Gasteiger partial charge is 0.465 e. The molecule has 0 bridgehead atoms. The van der Waals surface area contributed by atoms with Gasteiger partial charge >= 0.3 is 11.9 Å². The number of furan rings is 1. The Morgan fingerprint density at radius 1 is 1.06 bits per heavy atom. The third-order valence-corrected chi connectivity index (χ3v) is 6.30. The monoisotopic (exact) mass is 504 g/mol. The maximum absolute atomic E-state index is 12.8. The standard InChI is InChI=1S/C27H24N2O6S/c1-4-14-34-26(32)18-10-8-17(9-11-18)22-13-12-21(35-22)16-23-24(30)29(2)27(36-23)28-20-7-5-6-19(15-20)25(31)33-3/h5-13,15-16H,4,14H2,1-3H3. The first-order valence-corrected chi connectivity index (χ1v) is 12.0. The second-order valence-corrected chi connectivity index (χ2v) is 8.84. The summed E-state index contributed by atoms with van der Waals surface area (Å²) in [5.74, 6) is 0.0857. The second kappa shape index (κ2) is 11.1. The van der Waals surface area contributed by atoms with Crippen molar-refractivity contribution < 1.29 is 28.3 Å². The summed E-state index contributed by atoms with van der Waals surface area (Å²) in [6.45, 7) is 2.32. The van der Waals surface area contributed by atoms with Gasteiger partial charge in [-0.1, -0.05) is 25.1 Å². The van der Waals surface area contributed by atoms with Gasteiger partial charge < -0.3 is 13.9 Å². The molecule has 1 saturated heterocycles. The molecule has 184 valence electrons. The van der Waals surface area contributed by atoms with Crippen molar-refractivity contribution in [3.63, 3.8) is 0 Å². The minimum Gasteiger partial charge on any atom is -0.465 e. The first-order valence-electron chi connectivity index (χ1n) is 11.2. The minimum absolute atomic E-state index is 0.212. The molecule has 2 heterocycles. The van der Waals surface area contributed by atoms with Crippen LogP contribution in [-0.2, 0) is 14.3 Å². The van der Waals surface area contributed by atoms with E-state index in [1.165, 1.54) is 23.8 Å². The predicted molar refractivity (Wildman–Crippen MR) is 138 cm³/mol. The number of benzene rings is 2. The van der Waals surface area contributed by atoms with Crippen LogP contribution in [-0.4, -0.2) is 48.7 Å². The molecule has 0 aliphatic carbocycles. The quantitative estimate of drug-likeness (QED) is 0.308. The molecule has 4 rings (SSSR count). The highest BCUT2D eigenvalue weighted by Crippen LogP contribution is 2.34. The lowest BCUT2D eigenvalue weighted by atomic mass is 10.1. The van der Waals surface area contributed by atoms with Gasteiger partial charge in [0.1, 0.15) is 11.5 Å². The molecule has 36 heavy (non-hydrogen) atoms. The maximum atomic E-state index is 12.8. The van der Waals surface area contributed by atoms with E-state index in [1.807, 2.05) is 6.92 Å². The average Bonchev–Trinajstić information content (AvgIpc) is 3.47. The van der Waals surface area contributed by atoms with Crippen molar-refractivity contribution in [1.29, 1.82) is 0 Å². The highest BCUT2D eigenvalue weighted by molar-refractivity contribution is 8.18. The van der Waals surface area contributed by atoms with E-state index in [1.54, 1.807) is 73.8 Å². The van der Waals surface area contributed by atoms with E-state index in [9.17, 15) is 14.4 Å². The molecular formula is C27H24N2O6S. The second-order valence-electron chi connectivity index (χ2n) is 7.83. The summed E-state index contributed by atoms with van der Waals surface area (Å²) in [5, 5.41) is 0.477. The molecular weight excluding hydrogens is 480 g/mol. The van der Waals surface area contributed by atoms with E-state index in [0.29, 0.717) is 45.0 Å². The fourth-order valence-corrected chi connectivity index (χ4v) is 4.31. The smallest absolute Gasteiger partial charge is 0.338 e. The maximum Gasteiger partial charge on any atom is 0.338 e. The first kappa shape index (κ1) is 25.0. The Kier molecular flexibility index (Phi) is 7.70. The Hall–Kier alpha value is -4.11. The van der Waals surface area contributed by atoms with Gasteiger partial charge in [-0.2, -0.15) is 0 Å². The number of hydrogen-bond donors (Lipinski definition) is 0. The van der Waals surface area contributed by atoms with Crippen molar-refractivity contribution in [1.82, 2.24) is 4.90 Å². The molecule has 0 atom stereocenters. The van der Waals surface area contributed by atoms with Gasteiger partial charge in [-0.15, -0.1) is 0 Å². The van der Waals surface area contributed by atoms with E-state index in [2.05, 4.69) is 4.99 Å². The van der Waals surface area contributed by atoms with E-state index in [0.717, 1.165) is 12.0 Å². The molecule has 1 fully saturated rings. The van der Waals surface area contributed by atoms with Crippen LogP contribution in [0.15, 0.2) is 75.0 Å². The van der Waals surface area contributed by atoms with Gasteiger partial charge in [0.25, 0.3) is 5.91 Å². The summed E-state index contributed by atoms with van der Waals surface area (Å²) in [6.07, 6.45) is 2.43. The fraction of sp³-hybridized carbons (Fsp3) is 0.185. The minimum atomic E-state index is -0.458. The van der Waals surface area contributed by atoms with Crippen LogP contribution in [0, 0.1) is 0 Å². The van der Waals surface area contributed by atoms with E-state index in [-0.39, 0.29) is 11.9 Å². The summed E-state index contributed by atoms with van der Waals surface area (Å²) in [7, 11) is 2.96. The third kappa shape index (κ3) is 5.58. The number of ether oxygens (including phenoxy) is 2. The van der Waals surface area contributed by atoms with Crippen molar-refractivity contribution in [3.05, 3.63) is 82.5 Å². The molecule has 3 aromatic rings. The Morgan fingerprint density at radius 3 is 2.56 bits per heavy atom. The Bertz CT molecular complexity index is 1360. The summed E-state index contributed by atoms with van der Waals surface area (Å²) >= 11 is 1.21. The Labute approximate surface area is 212 Å². The van der Waals surface area contributed by atoms with Crippen LogP contribution in [0.25, 0.3) is 17.4 Å². The zero-order valence-electron chi connectivity index (χ0n) is 20.0. The van der Waals surface area contributed by atoms with Crippen LogP contribution in [0.5, 0.6) is 0 Å². The van der Waals surface area contributed by atoms with Crippen molar-refractivity contribution in [2.75, 3.05) is 20.8 Å². The predicted octanol–water partition coefficient (Wildman–Crippen LogP) is 5.53. The molecule has 1 aromatic heterocycles. The highest BCUT2D eigenvalue weighted by atomic mass is 32.2. The van der Waals surface area contributed by atoms with Crippen LogP contribution in [0.3, 0.4) is 0 Å². The van der Waals surface area contributed by atoms with Crippen LogP contribution in [0.2, 0.25) is 0 Å². The van der Waals surface area contributed by atoms with Gasteiger partial charge in [0.2, 0.25) is 0 Å². The van der Waals surface area contributed by atoms with Crippen molar-refractivity contribution in [2.45, 2.75) is 13.3 Å². The summed E-state index contributed by atoms with van der Waals surface area (Å²) in [6, 6.07) is 17.2. The highest BCUT2D eigenvalue weighted by Gasteiger charge is 2.30. The van der Waals surface area contributed by atoms with Crippen LogP contribution in [0.4, 0.5) is 5.69 Å². The van der Waals surface area contributed by atoms with Crippen molar-refractivity contribution in [3.8, 4) is 11.3 Å². The number of rotatable bonds is 7. The zero-order chi connectivity index (χ0) is 25.7. The Balaban J connectivity index is 1.50. The number of thioether (sulfide) groups is 1. The van der Waals surface area contributed by atoms with Crippen LogP contribution in [0.1, 0.15) is 39.8 Å². The van der Waals surface area contributed by atoms with Crippen molar-refractivity contribution in [2.24, 2.45) is 4.99 Å². The van der Waals surface area contributed by atoms with E-state index >= 15 is 0 Å². The molecule has 9 heteroatoms. The molecule has 0 unspecified atom stereocenters. The number of amides is 1. The Morgan fingerprint density at radius 2 is 1.83 bits per heavy atom. The number of hydrogen-bond acceptors (Lipinski definition) is 8. The number of aliphatic imine (C=N–C) groups is 1. The molecule has 0 spiro atoms. The number of methoxy groups -OCH3 is 1. The van der Waals surface area contributed by atoms with E-state index < -0.39 is 5.97 Å². The molecule has 1 aliphatic rings. The van der Waals surface area contributed by atoms with Gasteiger partial charge in [-0.3, -0.25) is 9.69 Å². The molecule has 1 amide bonds. The van der Waals surface area contributed by atoms with Crippen molar-refractivity contribution >= 4 is 46.5 Å². The van der Waals surface area contributed by atoms with Gasteiger partial charge in [0, 0.05) is 18.7 Å². The lowest BCUT2D eigenvalue weighted by Gasteiger charge is -2.07. The van der Waals surface area contributed by atoms with E-state index in [4.69, 9.17) is 13.9 Å². The SMILES string of the molecule is CCCOC(=O)c1ccc(-c2ccc(C=C3SC(=Nc4cccc(C(=O)OC)c4)N(C)C3=O)o2)cc1. The van der Waals surface area contributed by atoms with Gasteiger partial charge in [0.15, 0.2) is 5.17 Å². The lowest BCUT2D eigenvalue weighted by Crippen LogP contribution is -2.23. The molecule has 0 saturated carbocycles. The van der Waals surface area contributed by atoms with Gasteiger partial charge in [0.05, 0.1) is 35.4 Å². The summed E-state index contributed by atoms with van der Waals surface area (Å²) < 4.78 is 15.8. The number of carbonyl (C=O) groups excluding carboxylic acids is 3. The normalized spacial score (nSPS) is 15.5. The van der Waals surface area contributed by atoms with Gasteiger partial charge in [-0.05, 0) is 60.6 Å². The van der Waals surface area contributed by atoms with Crippen LogP contribution < -0.4 is 0 Å². The van der Waals surface area contributed by atoms with Crippen LogP contribution >= 0.6 is 11.8 Å². The summed E-state index contributed by atoms with van der Waals surface area (Å²) in [4.78, 5) is 43.0.